The number of benzene rings is 1. The number of primary amides is 1. The SMILES string of the molecule is Cc1ccc(C)c(OCC(O)CN2CCCC(CC(N)=O)C2)c1C. The third kappa shape index (κ3) is 5.21. The molecule has 0 radical (unpaired) electrons. The van der Waals surface area contributed by atoms with Crippen LogP contribution in [-0.2, 0) is 4.79 Å². The van der Waals surface area contributed by atoms with E-state index in [2.05, 4.69) is 17.9 Å². The van der Waals surface area contributed by atoms with Gasteiger partial charge in [-0.05, 0) is 62.8 Å². The minimum absolute atomic E-state index is 0.240. The Bertz CT molecular complexity index is 574. The van der Waals surface area contributed by atoms with Crippen LogP contribution < -0.4 is 10.5 Å². The van der Waals surface area contributed by atoms with Crippen molar-refractivity contribution in [3.63, 3.8) is 0 Å². The molecular formula is C19H30N2O3. The second kappa shape index (κ2) is 8.49. The van der Waals surface area contributed by atoms with E-state index in [-0.39, 0.29) is 12.5 Å². The highest BCUT2D eigenvalue weighted by atomic mass is 16.5. The molecule has 1 aromatic rings. The van der Waals surface area contributed by atoms with Gasteiger partial charge in [-0.3, -0.25) is 4.79 Å². The van der Waals surface area contributed by atoms with Crippen molar-refractivity contribution in [3.05, 3.63) is 28.8 Å². The number of β-amino-alcohol motifs (C(OH)–C–C–N with tert-alkyl or cyclic N) is 1. The van der Waals surface area contributed by atoms with E-state index in [1.807, 2.05) is 19.9 Å². The lowest BCUT2D eigenvalue weighted by molar-refractivity contribution is -0.119. The number of amides is 1. The number of carbonyl (C=O) groups excluding carboxylic acids is 1. The molecule has 3 N–H and O–H groups in total. The van der Waals surface area contributed by atoms with Crippen LogP contribution in [0, 0.1) is 26.7 Å². The Morgan fingerprint density at radius 3 is 2.79 bits per heavy atom. The maximum Gasteiger partial charge on any atom is 0.217 e. The average molecular weight is 334 g/mol. The molecule has 1 aliphatic rings. The molecule has 134 valence electrons. The lowest BCUT2D eigenvalue weighted by atomic mass is 9.94. The molecule has 2 atom stereocenters. The zero-order valence-electron chi connectivity index (χ0n) is 15.0. The summed E-state index contributed by atoms with van der Waals surface area (Å²) < 4.78 is 5.89. The minimum Gasteiger partial charge on any atom is -0.490 e. The maximum atomic E-state index is 11.1. The Morgan fingerprint density at radius 2 is 2.08 bits per heavy atom. The average Bonchev–Trinajstić information content (AvgIpc) is 2.51. The van der Waals surface area contributed by atoms with Gasteiger partial charge in [0.2, 0.25) is 5.91 Å². The molecule has 0 aliphatic carbocycles. The number of hydrogen-bond donors (Lipinski definition) is 2. The third-order valence-corrected chi connectivity index (χ3v) is 4.86. The van der Waals surface area contributed by atoms with Crippen LogP contribution in [0.3, 0.4) is 0 Å². The van der Waals surface area contributed by atoms with Crippen molar-refractivity contribution >= 4 is 5.91 Å². The van der Waals surface area contributed by atoms with Crippen LogP contribution in [0.2, 0.25) is 0 Å². The van der Waals surface area contributed by atoms with E-state index >= 15 is 0 Å². The van der Waals surface area contributed by atoms with Crippen LogP contribution in [0.15, 0.2) is 12.1 Å². The molecule has 24 heavy (non-hydrogen) atoms. The first-order valence-corrected chi connectivity index (χ1v) is 8.75. The summed E-state index contributed by atoms with van der Waals surface area (Å²) in [5.41, 5.74) is 8.70. The monoisotopic (exact) mass is 334 g/mol. The molecule has 5 nitrogen and oxygen atoms in total. The molecule has 0 saturated carbocycles. The quantitative estimate of drug-likeness (QED) is 0.799. The van der Waals surface area contributed by atoms with Crippen molar-refractivity contribution in [1.82, 2.24) is 4.90 Å². The fourth-order valence-electron chi connectivity index (χ4n) is 3.45. The van der Waals surface area contributed by atoms with E-state index in [4.69, 9.17) is 10.5 Å². The van der Waals surface area contributed by atoms with Crippen molar-refractivity contribution in [3.8, 4) is 5.75 Å². The van der Waals surface area contributed by atoms with Gasteiger partial charge >= 0.3 is 0 Å². The van der Waals surface area contributed by atoms with Crippen LogP contribution in [0.5, 0.6) is 5.75 Å². The van der Waals surface area contributed by atoms with Crippen molar-refractivity contribution in [1.29, 1.82) is 0 Å². The van der Waals surface area contributed by atoms with Crippen LogP contribution in [-0.4, -0.2) is 48.3 Å². The molecule has 0 aromatic heterocycles. The standard InChI is InChI=1S/C19H30N2O3/c1-13-6-7-14(2)19(15(13)3)24-12-17(22)11-21-8-4-5-16(10-21)9-18(20)23/h6-7,16-17,22H,4-5,8-12H2,1-3H3,(H2,20,23). The Hall–Kier alpha value is -1.59. The number of aliphatic hydroxyl groups excluding tert-OH is 1. The van der Waals surface area contributed by atoms with Crippen LogP contribution in [0.25, 0.3) is 0 Å². The molecule has 1 saturated heterocycles. The lowest BCUT2D eigenvalue weighted by Crippen LogP contribution is -2.42. The van der Waals surface area contributed by atoms with Gasteiger partial charge in [0.15, 0.2) is 0 Å². The first-order valence-electron chi connectivity index (χ1n) is 8.75. The second-order valence-corrected chi connectivity index (χ2v) is 7.06. The molecule has 5 heteroatoms. The third-order valence-electron chi connectivity index (χ3n) is 4.86. The summed E-state index contributed by atoms with van der Waals surface area (Å²) in [7, 11) is 0. The molecule has 2 rings (SSSR count). The predicted octanol–water partition coefficient (Wildman–Crippen LogP) is 1.94. The molecule has 1 heterocycles. The van der Waals surface area contributed by atoms with Gasteiger partial charge in [-0.15, -0.1) is 0 Å². The number of aliphatic hydroxyl groups is 1. The number of hydrogen-bond acceptors (Lipinski definition) is 4. The molecule has 1 amide bonds. The van der Waals surface area contributed by atoms with Gasteiger partial charge in [-0.2, -0.15) is 0 Å². The lowest BCUT2D eigenvalue weighted by Gasteiger charge is -2.33. The van der Waals surface area contributed by atoms with Gasteiger partial charge in [-0.25, -0.2) is 0 Å². The van der Waals surface area contributed by atoms with Crippen molar-refractivity contribution in [2.45, 2.75) is 46.1 Å². The molecule has 0 bridgehead atoms. The van der Waals surface area contributed by atoms with Crippen molar-refractivity contribution < 1.29 is 14.6 Å². The first-order chi connectivity index (χ1) is 11.4. The van der Waals surface area contributed by atoms with Gasteiger partial charge in [0, 0.05) is 19.5 Å². The van der Waals surface area contributed by atoms with Gasteiger partial charge in [0.25, 0.3) is 0 Å². The van der Waals surface area contributed by atoms with Crippen LogP contribution in [0.1, 0.15) is 36.0 Å². The van der Waals surface area contributed by atoms with Gasteiger partial charge in [0.05, 0.1) is 0 Å². The molecule has 1 aromatic carbocycles. The summed E-state index contributed by atoms with van der Waals surface area (Å²) in [6.07, 6.45) is 1.97. The maximum absolute atomic E-state index is 11.1. The molecule has 1 fully saturated rings. The highest BCUT2D eigenvalue weighted by molar-refractivity contribution is 5.74. The van der Waals surface area contributed by atoms with Crippen LogP contribution >= 0.6 is 0 Å². The Kier molecular flexibility index (Phi) is 6.63. The molecule has 0 spiro atoms. The Labute approximate surface area is 144 Å². The van der Waals surface area contributed by atoms with E-state index in [1.165, 1.54) is 5.56 Å². The molecular weight excluding hydrogens is 304 g/mol. The smallest absolute Gasteiger partial charge is 0.217 e. The van der Waals surface area contributed by atoms with E-state index in [1.54, 1.807) is 0 Å². The number of aryl methyl sites for hydroxylation is 2. The number of piperidine rings is 1. The van der Waals surface area contributed by atoms with Gasteiger partial charge in [-0.1, -0.05) is 12.1 Å². The number of likely N-dealkylation sites (tertiary alicyclic amines) is 1. The second-order valence-electron chi connectivity index (χ2n) is 7.06. The van der Waals surface area contributed by atoms with Crippen LogP contribution in [0.4, 0.5) is 0 Å². The fourth-order valence-corrected chi connectivity index (χ4v) is 3.45. The highest BCUT2D eigenvalue weighted by Crippen LogP contribution is 2.26. The highest BCUT2D eigenvalue weighted by Gasteiger charge is 2.23. The number of nitrogens with zero attached hydrogens (tertiary/aromatic N) is 1. The summed E-state index contributed by atoms with van der Waals surface area (Å²) in [6, 6.07) is 4.13. The summed E-state index contributed by atoms with van der Waals surface area (Å²) in [4.78, 5) is 13.3. The van der Waals surface area contributed by atoms with Crippen molar-refractivity contribution in [2.24, 2.45) is 11.7 Å². The number of nitrogens with two attached hydrogens (primary N) is 1. The fraction of sp³-hybridized carbons (Fsp3) is 0.632. The largest absolute Gasteiger partial charge is 0.490 e. The van der Waals surface area contributed by atoms with E-state index < -0.39 is 6.10 Å². The Morgan fingerprint density at radius 1 is 1.38 bits per heavy atom. The summed E-state index contributed by atoms with van der Waals surface area (Å²) in [6.45, 7) is 8.75. The Balaban J connectivity index is 1.84. The van der Waals surface area contributed by atoms with E-state index in [0.29, 0.717) is 18.9 Å². The topological polar surface area (TPSA) is 75.8 Å². The molecule has 2 unspecified atom stereocenters. The molecule has 1 aliphatic heterocycles. The first kappa shape index (κ1) is 18.7. The number of carbonyl (C=O) groups is 1. The zero-order chi connectivity index (χ0) is 17.7. The zero-order valence-corrected chi connectivity index (χ0v) is 15.0. The predicted molar refractivity (Wildman–Crippen MR) is 95.1 cm³/mol. The number of rotatable bonds is 7. The summed E-state index contributed by atoms with van der Waals surface area (Å²) in [5, 5.41) is 10.3. The van der Waals surface area contributed by atoms with Gasteiger partial charge < -0.3 is 20.5 Å². The normalized spacial score (nSPS) is 19.9. The minimum atomic E-state index is -0.545. The summed E-state index contributed by atoms with van der Waals surface area (Å²) in [5.74, 6) is 0.945. The van der Waals surface area contributed by atoms with E-state index in [0.717, 1.165) is 42.8 Å². The summed E-state index contributed by atoms with van der Waals surface area (Å²) >= 11 is 0. The number of ether oxygens (including phenoxy) is 1. The van der Waals surface area contributed by atoms with E-state index in [9.17, 15) is 9.90 Å². The van der Waals surface area contributed by atoms with Crippen molar-refractivity contribution in [2.75, 3.05) is 26.2 Å². The van der Waals surface area contributed by atoms with Gasteiger partial charge in [0.1, 0.15) is 18.5 Å².